The number of likely N-dealkylation sites (tertiary alicyclic amines) is 1. The van der Waals surface area contributed by atoms with E-state index in [-0.39, 0.29) is 30.3 Å². The van der Waals surface area contributed by atoms with E-state index in [1.54, 1.807) is 0 Å². The summed E-state index contributed by atoms with van der Waals surface area (Å²) in [7, 11) is 0. The van der Waals surface area contributed by atoms with Crippen molar-refractivity contribution >= 4 is 35.1 Å². The predicted molar refractivity (Wildman–Crippen MR) is 112 cm³/mol. The first-order valence-electron chi connectivity index (χ1n) is 10.6. The number of fused-ring (bicyclic) bond motifs is 2. The molecule has 162 valence electrons. The average Bonchev–Trinajstić information content (AvgIpc) is 3.31. The van der Waals surface area contributed by atoms with Crippen LogP contribution in [0.3, 0.4) is 0 Å². The highest BCUT2D eigenvalue weighted by Gasteiger charge is 2.42. The number of piperidine rings is 1. The van der Waals surface area contributed by atoms with E-state index in [1.165, 1.54) is 16.2 Å². The van der Waals surface area contributed by atoms with Gasteiger partial charge in [-0.2, -0.15) is 0 Å². The SMILES string of the molecule is CC(C)c1ccc(C(=O)NC2CCC3CCN(C(=O)CC4NC(=O)NC4=O)C2C3)s1. The lowest BCUT2D eigenvalue weighted by Gasteiger charge is -2.47. The Kier molecular flexibility index (Phi) is 5.81. The largest absolute Gasteiger partial charge is 0.347 e. The molecule has 4 unspecified atom stereocenters. The fraction of sp³-hybridized carbons (Fsp3) is 0.619. The van der Waals surface area contributed by atoms with Crippen LogP contribution in [0.2, 0.25) is 0 Å². The van der Waals surface area contributed by atoms with Gasteiger partial charge in [-0.1, -0.05) is 13.8 Å². The molecule has 4 atom stereocenters. The van der Waals surface area contributed by atoms with Gasteiger partial charge in [-0.25, -0.2) is 4.79 Å². The van der Waals surface area contributed by atoms with E-state index in [0.29, 0.717) is 23.3 Å². The molecule has 5 amide bonds. The number of nitrogens with one attached hydrogen (secondary N) is 3. The number of amides is 5. The maximum Gasteiger partial charge on any atom is 0.322 e. The molecule has 2 bridgehead atoms. The fourth-order valence-electron chi connectivity index (χ4n) is 4.72. The van der Waals surface area contributed by atoms with Crippen molar-refractivity contribution in [3.8, 4) is 0 Å². The van der Waals surface area contributed by atoms with Crippen LogP contribution in [0.15, 0.2) is 12.1 Å². The molecular formula is C21H28N4O4S. The van der Waals surface area contributed by atoms with Crippen molar-refractivity contribution in [1.29, 1.82) is 0 Å². The number of nitrogens with zero attached hydrogens (tertiary/aromatic N) is 1. The summed E-state index contributed by atoms with van der Waals surface area (Å²) < 4.78 is 0. The lowest BCUT2D eigenvalue weighted by atomic mass is 9.76. The third-order valence-electron chi connectivity index (χ3n) is 6.40. The molecule has 3 aliphatic rings. The number of carbonyl (C=O) groups is 4. The van der Waals surface area contributed by atoms with Crippen LogP contribution in [-0.2, 0) is 9.59 Å². The Labute approximate surface area is 179 Å². The first-order chi connectivity index (χ1) is 14.3. The second kappa shape index (κ2) is 8.37. The van der Waals surface area contributed by atoms with E-state index in [2.05, 4.69) is 29.8 Å². The van der Waals surface area contributed by atoms with Gasteiger partial charge in [0.2, 0.25) is 5.91 Å². The maximum atomic E-state index is 13.0. The van der Waals surface area contributed by atoms with Gasteiger partial charge in [-0.15, -0.1) is 11.3 Å². The summed E-state index contributed by atoms with van der Waals surface area (Å²) in [6.07, 6.45) is 3.64. The van der Waals surface area contributed by atoms with Gasteiger partial charge in [-0.05, 0) is 49.7 Å². The molecule has 30 heavy (non-hydrogen) atoms. The second-order valence-corrected chi connectivity index (χ2v) is 9.89. The van der Waals surface area contributed by atoms with E-state index in [4.69, 9.17) is 0 Å². The number of rotatable bonds is 5. The highest BCUT2D eigenvalue weighted by atomic mass is 32.1. The zero-order valence-corrected chi connectivity index (χ0v) is 18.1. The molecule has 1 aromatic rings. The van der Waals surface area contributed by atoms with Crippen molar-refractivity contribution < 1.29 is 19.2 Å². The van der Waals surface area contributed by atoms with Crippen molar-refractivity contribution in [3.05, 3.63) is 21.9 Å². The fourth-order valence-corrected chi connectivity index (χ4v) is 5.64. The molecule has 0 aromatic carbocycles. The van der Waals surface area contributed by atoms with E-state index < -0.39 is 18.0 Å². The van der Waals surface area contributed by atoms with Crippen LogP contribution in [0.25, 0.3) is 0 Å². The van der Waals surface area contributed by atoms with E-state index in [1.807, 2.05) is 17.0 Å². The van der Waals surface area contributed by atoms with Crippen LogP contribution in [-0.4, -0.2) is 53.3 Å². The Morgan fingerprint density at radius 2 is 2.03 bits per heavy atom. The van der Waals surface area contributed by atoms with Crippen LogP contribution in [0, 0.1) is 5.92 Å². The minimum absolute atomic E-state index is 0.0535. The van der Waals surface area contributed by atoms with Gasteiger partial charge in [-0.3, -0.25) is 19.7 Å². The third-order valence-corrected chi connectivity index (χ3v) is 7.78. The third kappa shape index (κ3) is 4.21. The molecule has 0 spiro atoms. The Morgan fingerprint density at radius 1 is 1.23 bits per heavy atom. The molecule has 1 aliphatic carbocycles. The molecule has 1 saturated carbocycles. The quantitative estimate of drug-likeness (QED) is 0.618. The first kappa shape index (κ1) is 20.8. The summed E-state index contributed by atoms with van der Waals surface area (Å²) in [5.74, 6) is 0.244. The number of imide groups is 1. The summed E-state index contributed by atoms with van der Waals surface area (Å²) in [5.41, 5.74) is 0. The van der Waals surface area contributed by atoms with E-state index >= 15 is 0 Å². The topological polar surface area (TPSA) is 108 Å². The molecule has 2 saturated heterocycles. The van der Waals surface area contributed by atoms with Crippen LogP contribution in [0.1, 0.15) is 66.4 Å². The molecule has 3 fully saturated rings. The Bertz CT molecular complexity index is 867. The van der Waals surface area contributed by atoms with Gasteiger partial charge >= 0.3 is 6.03 Å². The predicted octanol–water partition coefficient (Wildman–Crippen LogP) is 1.97. The van der Waals surface area contributed by atoms with Gasteiger partial charge in [0.05, 0.1) is 17.3 Å². The van der Waals surface area contributed by atoms with Gasteiger partial charge in [0.25, 0.3) is 11.8 Å². The molecular weight excluding hydrogens is 404 g/mol. The Balaban J connectivity index is 1.43. The molecule has 4 rings (SSSR count). The molecule has 3 heterocycles. The van der Waals surface area contributed by atoms with Crippen LogP contribution in [0.4, 0.5) is 4.79 Å². The summed E-state index contributed by atoms with van der Waals surface area (Å²) in [6, 6.07) is 2.31. The van der Waals surface area contributed by atoms with E-state index in [0.717, 1.165) is 25.7 Å². The minimum atomic E-state index is -0.820. The molecule has 2 aliphatic heterocycles. The average molecular weight is 433 g/mol. The number of urea groups is 1. The lowest BCUT2D eigenvalue weighted by Crippen LogP contribution is -2.59. The van der Waals surface area contributed by atoms with Crippen molar-refractivity contribution in [2.75, 3.05) is 6.54 Å². The molecule has 8 nitrogen and oxygen atoms in total. The number of carbonyl (C=O) groups excluding carboxylic acids is 4. The summed E-state index contributed by atoms with van der Waals surface area (Å²) in [4.78, 5) is 52.6. The lowest BCUT2D eigenvalue weighted by molar-refractivity contribution is -0.139. The van der Waals surface area contributed by atoms with Crippen molar-refractivity contribution in [2.45, 2.75) is 70.0 Å². The normalized spacial score (nSPS) is 28.3. The van der Waals surface area contributed by atoms with Crippen LogP contribution < -0.4 is 16.0 Å². The van der Waals surface area contributed by atoms with Gasteiger partial charge < -0.3 is 15.5 Å². The second-order valence-electron chi connectivity index (χ2n) is 8.78. The zero-order valence-electron chi connectivity index (χ0n) is 17.3. The van der Waals surface area contributed by atoms with Gasteiger partial charge in [0, 0.05) is 17.5 Å². The molecule has 0 radical (unpaired) electrons. The zero-order chi connectivity index (χ0) is 21.4. The van der Waals surface area contributed by atoms with E-state index in [9.17, 15) is 19.2 Å². The highest BCUT2D eigenvalue weighted by molar-refractivity contribution is 7.14. The number of thiophene rings is 1. The smallest absolute Gasteiger partial charge is 0.322 e. The maximum absolute atomic E-state index is 13.0. The first-order valence-corrected chi connectivity index (χ1v) is 11.4. The van der Waals surface area contributed by atoms with Gasteiger partial charge in [0.1, 0.15) is 6.04 Å². The summed E-state index contributed by atoms with van der Waals surface area (Å²) in [5, 5.41) is 7.82. The molecule has 1 aromatic heterocycles. The number of hydrogen-bond donors (Lipinski definition) is 3. The molecule has 3 N–H and O–H groups in total. The monoisotopic (exact) mass is 432 g/mol. The minimum Gasteiger partial charge on any atom is -0.347 e. The van der Waals surface area contributed by atoms with Crippen LogP contribution >= 0.6 is 11.3 Å². The summed E-state index contributed by atoms with van der Waals surface area (Å²) >= 11 is 1.51. The van der Waals surface area contributed by atoms with Crippen molar-refractivity contribution in [3.63, 3.8) is 0 Å². The Morgan fingerprint density at radius 3 is 2.70 bits per heavy atom. The van der Waals surface area contributed by atoms with Gasteiger partial charge in [0.15, 0.2) is 0 Å². The molecule has 9 heteroatoms. The Hall–Kier alpha value is -2.42. The standard InChI is InChI=1S/C21H28N4O4S/c1-11(2)16-5-6-17(30-16)20(28)22-13-4-3-12-7-8-25(15(13)9-12)18(26)10-14-19(27)24-21(29)23-14/h5-6,11-15H,3-4,7-10H2,1-2H3,(H,22,28)(H2,23,24,27,29). The van der Waals surface area contributed by atoms with Crippen molar-refractivity contribution in [2.24, 2.45) is 5.92 Å². The summed E-state index contributed by atoms with van der Waals surface area (Å²) in [6.45, 7) is 4.83. The van der Waals surface area contributed by atoms with Crippen molar-refractivity contribution in [1.82, 2.24) is 20.9 Å². The van der Waals surface area contributed by atoms with Crippen LogP contribution in [0.5, 0.6) is 0 Å². The number of hydrogen-bond acceptors (Lipinski definition) is 5. The highest BCUT2D eigenvalue weighted by Crippen LogP contribution is 2.36.